The van der Waals surface area contributed by atoms with Gasteiger partial charge in [-0.2, -0.15) is 0 Å². The number of rotatable bonds is 5. The van der Waals surface area contributed by atoms with E-state index < -0.39 is 0 Å². The van der Waals surface area contributed by atoms with E-state index in [1.165, 1.54) is 0 Å². The lowest BCUT2D eigenvalue weighted by molar-refractivity contribution is 0.138. The highest BCUT2D eigenvalue weighted by atomic mass is 16.5. The molecule has 5 nitrogen and oxygen atoms in total. The highest BCUT2D eigenvalue weighted by Crippen LogP contribution is 2.18. The zero-order valence-corrected chi connectivity index (χ0v) is 13.3. The monoisotopic (exact) mass is 321 g/mol. The molecule has 0 amide bonds. The Balaban J connectivity index is 1.42. The number of nitrogens with zero attached hydrogens (tertiary/aromatic N) is 2. The Morgan fingerprint density at radius 3 is 3.04 bits per heavy atom. The quantitative estimate of drug-likeness (QED) is 0.780. The van der Waals surface area contributed by atoms with E-state index >= 15 is 0 Å². The van der Waals surface area contributed by atoms with Crippen LogP contribution in [0.15, 0.2) is 54.7 Å². The van der Waals surface area contributed by atoms with Crippen LogP contribution in [-0.2, 0) is 11.3 Å². The molecule has 0 spiro atoms. The summed E-state index contributed by atoms with van der Waals surface area (Å²) in [6.45, 7) is 2.08. The molecule has 1 unspecified atom stereocenters. The summed E-state index contributed by atoms with van der Waals surface area (Å²) in [7, 11) is 0. The van der Waals surface area contributed by atoms with Crippen molar-refractivity contribution in [1.29, 1.82) is 0 Å². The Morgan fingerprint density at radius 2 is 2.12 bits per heavy atom. The summed E-state index contributed by atoms with van der Waals surface area (Å²) in [6.07, 6.45) is 2.81. The minimum absolute atomic E-state index is 0.114. The van der Waals surface area contributed by atoms with Gasteiger partial charge in [0.2, 0.25) is 5.88 Å². The van der Waals surface area contributed by atoms with E-state index in [-0.39, 0.29) is 6.10 Å². The second-order valence-electron chi connectivity index (χ2n) is 5.85. The average molecular weight is 321 g/mol. The van der Waals surface area contributed by atoms with Crippen molar-refractivity contribution in [1.82, 2.24) is 9.97 Å². The summed E-state index contributed by atoms with van der Waals surface area (Å²) in [5.74, 6) is 1.51. The molecule has 1 atom stereocenters. The standard InChI is InChI=1S/C19H19N3O2/c1-2-4-17-15(3-1)5-6-18(22-17)21-12-14-7-9-20-19(11-14)24-16-8-10-23-13-16/h1-7,9,11,16H,8,10,12-13H2,(H,21,22). The summed E-state index contributed by atoms with van der Waals surface area (Å²) in [5, 5.41) is 4.50. The van der Waals surface area contributed by atoms with Gasteiger partial charge in [-0.05, 0) is 29.8 Å². The van der Waals surface area contributed by atoms with Crippen molar-refractivity contribution in [2.75, 3.05) is 18.5 Å². The highest BCUT2D eigenvalue weighted by molar-refractivity contribution is 5.80. The maximum atomic E-state index is 5.85. The van der Waals surface area contributed by atoms with E-state index in [9.17, 15) is 0 Å². The molecule has 0 aliphatic carbocycles. The fourth-order valence-corrected chi connectivity index (χ4v) is 2.76. The smallest absolute Gasteiger partial charge is 0.213 e. The van der Waals surface area contributed by atoms with Gasteiger partial charge in [0.25, 0.3) is 0 Å². The molecule has 1 N–H and O–H groups in total. The van der Waals surface area contributed by atoms with E-state index in [4.69, 9.17) is 9.47 Å². The molecule has 2 aromatic heterocycles. The van der Waals surface area contributed by atoms with Crippen LogP contribution >= 0.6 is 0 Å². The van der Waals surface area contributed by atoms with Crippen molar-refractivity contribution in [2.24, 2.45) is 0 Å². The minimum Gasteiger partial charge on any atom is -0.472 e. The maximum Gasteiger partial charge on any atom is 0.213 e. The number of aromatic nitrogens is 2. The first kappa shape index (κ1) is 14.9. The van der Waals surface area contributed by atoms with Gasteiger partial charge in [-0.25, -0.2) is 9.97 Å². The SMILES string of the molecule is c1ccc2nc(NCc3ccnc(OC4CCOC4)c3)ccc2c1. The van der Waals surface area contributed by atoms with Gasteiger partial charge in [-0.1, -0.05) is 18.2 Å². The number of pyridine rings is 2. The van der Waals surface area contributed by atoms with Crippen LogP contribution in [0.1, 0.15) is 12.0 Å². The fourth-order valence-electron chi connectivity index (χ4n) is 2.76. The van der Waals surface area contributed by atoms with Crippen molar-refractivity contribution >= 4 is 16.7 Å². The van der Waals surface area contributed by atoms with Gasteiger partial charge in [0, 0.05) is 30.6 Å². The fraction of sp³-hybridized carbons (Fsp3) is 0.263. The molecule has 122 valence electrons. The van der Waals surface area contributed by atoms with Gasteiger partial charge in [0.1, 0.15) is 11.9 Å². The number of fused-ring (bicyclic) bond motifs is 1. The van der Waals surface area contributed by atoms with Gasteiger partial charge >= 0.3 is 0 Å². The minimum atomic E-state index is 0.114. The van der Waals surface area contributed by atoms with Crippen LogP contribution in [-0.4, -0.2) is 29.3 Å². The third kappa shape index (κ3) is 3.46. The molecule has 1 aromatic carbocycles. The molecule has 5 heteroatoms. The third-order valence-electron chi connectivity index (χ3n) is 4.05. The lowest BCUT2D eigenvalue weighted by Crippen LogP contribution is -2.16. The predicted molar refractivity (Wildman–Crippen MR) is 93.2 cm³/mol. The average Bonchev–Trinajstić information content (AvgIpc) is 3.13. The van der Waals surface area contributed by atoms with Crippen molar-refractivity contribution < 1.29 is 9.47 Å². The van der Waals surface area contributed by atoms with Crippen LogP contribution in [0.2, 0.25) is 0 Å². The van der Waals surface area contributed by atoms with Crippen LogP contribution in [0.4, 0.5) is 5.82 Å². The number of hydrogen-bond acceptors (Lipinski definition) is 5. The number of hydrogen-bond donors (Lipinski definition) is 1. The van der Waals surface area contributed by atoms with Gasteiger partial charge in [-0.3, -0.25) is 0 Å². The lowest BCUT2D eigenvalue weighted by atomic mass is 10.2. The summed E-state index contributed by atoms with van der Waals surface area (Å²) >= 11 is 0. The first-order chi connectivity index (χ1) is 11.9. The maximum absolute atomic E-state index is 5.85. The van der Waals surface area contributed by atoms with E-state index in [1.54, 1.807) is 6.20 Å². The first-order valence-electron chi connectivity index (χ1n) is 8.16. The molecule has 4 rings (SSSR count). The Morgan fingerprint density at radius 1 is 1.17 bits per heavy atom. The van der Waals surface area contributed by atoms with Gasteiger partial charge in [0.15, 0.2) is 0 Å². The van der Waals surface area contributed by atoms with E-state index in [2.05, 4.69) is 27.4 Å². The zero-order chi connectivity index (χ0) is 16.2. The Bertz CT molecular complexity index is 831. The number of benzene rings is 1. The molecule has 0 radical (unpaired) electrons. The molecule has 0 saturated carbocycles. The Hall–Kier alpha value is -2.66. The first-order valence-corrected chi connectivity index (χ1v) is 8.16. The molecule has 1 fully saturated rings. The Kier molecular flexibility index (Phi) is 4.25. The van der Waals surface area contributed by atoms with Crippen LogP contribution in [0.5, 0.6) is 5.88 Å². The molecule has 24 heavy (non-hydrogen) atoms. The van der Waals surface area contributed by atoms with E-state index in [1.807, 2.05) is 36.4 Å². The predicted octanol–water partition coefficient (Wildman–Crippen LogP) is 3.41. The Labute approximate surface area is 140 Å². The van der Waals surface area contributed by atoms with Gasteiger partial charge in [-0.15, -0.1) is 0 Å². The van der Waals surface area contributed by atoms with Crippen molar-refractivity contribution in [2.45, 2.75) is 19.1 Å². The second kappa shape index (κ2) is 6.84. The molecule has 1 aliphatic heterocycles. The second-order valence-corrected chi connectivity index (χ2v) is 5.85. The third-order valence-corrected chi connectivity index (χ3v) is 4.05. The number of nitrogens with one attached hydrogen (secondary N) is 1. The van der Waals surface area contributed by atoms with Gasteiger partial charge < -0.3 is 14.8 Å². The van der Waals surface area contributed by atoms with Crippen LogP contribution in [0.25, 0.3) is 10.9 Å². The molecule has 1 saturated heterocycles. The molecule has 1 aliphatic rings. The molecule has 0 bridgehead atoms. The number of para-hydroxylation sites is 1. The zero-order valence-electron chi connectivity index (χ0n) is 13.3. The molecular weight excluding hydrogens is 302 g/mol. The van der Waals surface area contributed by atoms with Crippen molar-refractivity contribution in [3.05, 3.63) is 60.3 Å². The van der Waals surface area contributed by atoms with Crippen LogP contribution < -0.4 is 10.1 Å². The van der Waals surface area contributed by atoms with Crippen molar-refractivity contribution in [3.63, 3.8) is 0 Å². The number of anilines is 1. The van der Waals surface area contributed by atoms with Gasteiger partial charge in [0.05, 0.1) is 18.7 Å². The molecule has 3 heterocycles. The largest absolute Gasteiger partial charge is 0.472 e. The molecular formula is C19H19N3O2. The summed E-state index contributed by atoms with van der Waals surface area (Å²) < 4.78 is 11.2. The van der Waals surface area contributed by atoms with E-state index in [0.29, 0.717) is 19.0 Å². The van der Waals surface area contributed by atoms with Crippen LogP contribution in [0.3, 0.4) is 0 Å². The lowest BCUT2D eigenvalue weighted by Gasteiger charge is -2.12. The summed E-state index contributed by atoms with van der Waals surface area (Å²) in [4.78, 5) is 8.90. The topological polar surface area (TPSA) is 56.3 Å². The van der Waals surface area contributed by atoms with Crippen molar-refractivity contribution in [3.8, 4) is 5.88 Å². The molecule has 3 aromatic rings. The summed E-state index contributed by atoms with van der Waals surface area (Å²) in [5.41, 5.74) is 2.09. The number of ether oxygens (including phenoxy) is 2. The summed E-state index contributed by atoms with van der Waals surface area (Å²) in [6, 6.07) is 16.1. The van der Waals surface area contributed by atoms with E-state index in [0.717, 1.165) is 35.3 Å². The van der Waals surface area contributed by atoms with Crippen LogP contribution in [0, 0.1) is 0 Å². The highest BCUT2D eigenvalue weighted by Gasteiger charge is 2.17. The normalized spacial score (nSPS) is 17.1.